The highest BCUT2D eigenvalue weighted by molar-refractivity contribution is 6.62. The maximum absolute atomic E-state index is 6.14. The van der Waals surface area contributed by atoms with Crippen molar-refractivity contribution >= 4 is 43.1 Å². The van der Waals surface area contributed by atoms with Crippen molar-refractivity contribution in [3.8, 4) is 0 Å². The zero-order chi connectivity index (χ0) is 17.0. The number of nitrogens with one attached hydrogen (secondary N) is 1. The van der Waals surface area contributed by atoms with Crippen LogP contribution in [0.4, 0.5) is 5.69 Å². The summed E-state index contributed by atoms with van der Waals surface area (Å²) in [6, 6.07) is 8.76. The summed E-state index contributed by atoms with van der Waals surface area (Å²) in [7, 11) is -0.269. The van der Waals surface area contributed by atoms with E-state index in [0.29, 0.717) is 5.41 Å². The van der Waals surface area contributed by atoms with Crippen molar-refractivity contribution in [2.24, 2.45) is 5.41 Å². The van der Waals surface area contributed by atoms with Crippen LogP contribution in [0.1, 0.15) is 40.5 Å². The summed E-state index contributed by atoms with van der Waals surface area (Å²) in [4.78, 5) is 2.51. The highest BCUT2D eigenvalue weighted by Gasteiger charge is 2.51. The zero-order valence-electron chi connectivity index (χ0n) is 16.2. The number of benzene rings is 1. The average molecular weight is 401 g/mol. The van der Waals surface area contributed by atoms with E-state index in [4.69, 9.17) is 9.31 Å². The molecule has 0 bridgehead atoms. The summed E-state index contributed by atoms with van der Waals surface area (Å²) in [5.41, 5.74) is 2.45. The summed E-state index contributed by atoms with van der Waals surface area (Å²) in [5.74, 6) is 0. The topological polar surface area (TPSA) is 33.7 Å². The van der Waals surface area contributed by atoms with Gasteiger partial charge in [0.2, 0.25) is 0 Å². The molecule has 1 aromatic rings. The molecular weight excluding hydrogens is 370 g/mol. The second-order valence-corrected chi connectivity index (χ2v) is 8.77. The third-order valence-corrected chi connectivity index (χ3v) is 6.61. The van der Waals surface area contributed by atoms with Crippen molar-refractivity contribution in [3.63, 3.8) is 0 Å². The van der Waals surface area contributed by atoms with Gasteiger partial charge < -0.3 is 19.5 Å². The molecule has 1 N–H and O–H groups in total. The number of rotatable bonds is 2. The minimum Gasteiger partial charge on any atom is -0.399 e. The Morgan fingerprint density at radius 2 is 1.38 bits per heavy atom. The van der Waals surface area contributed by atoms with Gasteiger partial charge in [-0.05, 0) is 63.5 Å². The first-order valence-corrected chi connectivity index (χ1v) is 9.22. The van der Waals surface area contributed by atoms with Crippen LogP contribution in [-0.2, 0) is 9.31 Å². The number of piperidine rings is 1. The Balaban J connectivity index is 0.00000121. The van der Waals surface area contributed by atoms with Crippen LogP contribution in [0.5, 0.6) is 0 Å². The van der Waals surface area contributed by atoms with Gasteiger partial charge in [0.25, 0.3) is 0 Å². The van der Waals surface area contributed by atoms with Crippen molar-refractivity contribution in [2.45, 2.75) is 51.7 Å². The van der Waals surface area contributed by atoms with E-state index in [1.165, 1.54) is 31.6 Å². The van der Waals surface area contributed by atoms with Gasteiger partial charge >= 0.3 is 7.12 Å². The SMILES string of the molecule is CC1(C)OB(c2ccc(N3CCC4(CC3)CNC4)cc2)OC1(C)C.Cl.Cl. The Labute approximate surface area is 170 Å². The molecule has 1 aromatic carbocycles. The lowest BCUT2D eigenvalue weighted by molar-refractivity contribution is 0.00578. The molecule has 0 saturated carbocycles. The molecule has 3 aliphatic heterocycles. The van der Waals surface area contributed by atoms with Crippen LogP contribution in [0, 0.1) is 5.41 Å². The Morgan fingerprint density at radius 1 is 0.885 bits per heavy atom. The molecular formula is C19H31BCl2N2O2. The molecule has 0 aromatic heterocycles. The van der Waals surface area contributed by atoms with E-state index >= 15 is 0 Å². The largest absolute Gasteiger partial charge is 0.494 e. The summed E-state index contributed by atoms with van der Waals surface area (Å²) < 4.78 is 12.3. The van der Waals surface area contributed by atoms with Gasteiger partial charge in [0.1, 0.15) is 0 Å². The summed E-state index contributed by atoms with van der Waals surface area (Å²) in [6.45, 7) is 13.1. The maximum Gasteiger partial charge on any atom is 0.494 e. The normalized spacial score (nSPS) is 25.2. The third kappa shape index (κ3) is 3.74. The number of hydrogen-bond donors (Lipinski definition) is 1. The molecule has 0 amide bonds. The quantitative estimate of drug-likeness (QED) is 0.773. The molecule has 146 valence electrons. The predicted molar refractivity (Wildman–Crippen MR) is 113 cm³/mol. The van der Waals surface area contributed by atoms with Crippen LogP contribution in [0.2, 0.25) is 0 Å². The van der Waals surface area contributed by atoms with E-state index in [-0.39, 0.29) is 43.1 Å². The second-order valence-electron chi connectivity index (χ2n) is 8.77. The molecule has 26 heavy (non-hydrogen) atoms. The van der Waals surface area contributed by atoms with E-state index in [1.54, 1.807) is 0 Å². The lowest BCUT2D eigenvalue weighted by atomic mass is 9.73. The molecule has 0 atom stereocenters. The minimum atomic E-state index is -0.283. The fourth-order valence-electron chi connectivity index (χ4n) is 3.89. The molecule has 4 rings (SSSR count). The van der Waals surface area contributed by atoms with Crippen molar-refractivity contribution in [1.82, 2.24) is 5.32 Å². The standard InChI is InChI=1S/C19H29BN2O2.2ClH/c1-17(2)18(3,4)24-20(23-17)15-5-7-16(8-6-15)22-11-9-19(10-12-22)13-21-14-19;;/h5-8,21H,9-14H2,1-4H3;2*1H. The van der Waals surface area contributed by atoms with Gasteiger partial charge in [-0.3, -0.25) is 0 Å². The van der Waals surface area contributed by atoms with Gasteiger partial charge in [-0.25, -0.2) is 0 Å². The molecule has 1 spiro atoms. The summed E-state index contributed by atoms with van der Waals surface area (Å²) in [5, 5.41) is 3.43. The van der Waals surface area contributed by atoms with E-state index in [2.05, 4.69) is 62.2 Å². The molecule has 3 aliphatic rings. The average Bonchev–Trinajstić information content (AvgIpc) is 2.74. The van der Waals surface area contributed by atoms with Crippen molar-refractivity contribution < 1.29 is 9.31 Å². The van der Waals surface area contributed by atoms with Gasteiger partial charge in [-0.1, -0.05) is 12.1 Å². The number of nitrogens with zero attached hydrogens (tertiary/aromatic N) is 1. The smallest absolute Gasteiger partial charge is 0.399 e. The number of anilines is 1. The molecule has 7 heteroatoms. The minimum absolute atomic E-state index is 0. The van der Waals surface area contributed by atoms with Crippen LogP contribution >= 0.6 is 24.8 Å². The maximum atomic E-state index is 6.14. The Bertz CT molecular complexity index is 594. The van der Waals surface area contributed by atoms with Crippen LogP contribution in [0.3, 0.4) is 0 Å². The first kappa shape index (κ1) is 21.8. The fourth-order valence-corrected chi connectivity index (χ4v) is 3.89. The first-order chi connectivity index (χ1) is 11.3. The monoisotopic (exact) mass is 400 g/mol. The molecule has 0 radical (unpaired) electrons. The third-order valence-electron chi connectivity index (χ3n) is 6.61. The van der Waals surface area contributed by atoms with E-state index in [9.17, 15) is 0 Å². The predicted octanol–water partition coefficient (Wildman–Crippen LogP) is 3.02. The highest BCUT2D eigenvalue weighted by Crippen LogP contribution is 2.37. The van der Waals surface area contributed by atoms with E-state index in [0.717, 1.165) is 18.6 Å². The summed E-state index contributed by atoms with van der Waals surface area (Å²) in [6.07, 6.45) is 2.61. The van der Waals surface area contributed by atoms with Gasteiger partial charge in [0, 0.05) is 31.9 Å². The molecule has 0 unspecified atom stereocenters. The van der Waals surface area contributed by atoms with Gasteiger partial charge in [-0.15, -0.1) is 24.8 Å². The highest BCUT2D eigenvalue weighted by atomic mass is 35.5. The first-order valence-electron chi connectivity index (χ1n) is 9.22. The Kier molecular flexibility index (Phi) is 6.31. The van der Waals surface area contributed by atoms with Gasteiger partial charge in [0.05, 0.1) is 11.2 Å². The van der Waals surface area contributed by atoms with Crippen molar-refractivity contribution in [3.05, 3.63) is 24.3 Å². The Hall–Kier alpha value is -0.455. The zero-order valence-corrected chi connectivity index (χ0v) is 17.8. The second kappa shape index (κ2) is 7.52. The van der Waals surface area contributed by atoms with E-state index in [1.807, 2.05) is 0 Å². The number of hydrogen-bond acceptors (Lipinski definition) is 4. The lowest BCUT2D eigenvalue weighted by Crippen LogP contribution is -2.58. The lowest BCUT2D eigenvalue weighted by Gasteiger charge is -2.49. The van der Waals surface area contributed by atoms with Crippen LogP contribution in [0.25, 0.3) is 0 Å². The Morgan fingerprint density at radius 3 is 1.81 bits per heavy atom. The van der Waals surface area contributed by atoms with Gasteiger partial charge in [-0.2, -0.15) is 0 Å². The molecule has 3 saturated heterocycles. The van der Waals surface area contributed by atoms with Crippen LogP contribution < -0.4 is 15.7 Å². The molecule has 3 fully saturated rings. The molecule has 3 heterocycles. The summed E-state index contributed by atoms with van der Waals surface area (Å²) >= 11 is 0. The van der Waals surface area contributed by atoms with Gasteiger partial charge in [0.15, 0.2) is 0 Å². The van der Waals surface area contributed by atoms with Crippen molar-refractivity contribution in [1.29, 1.82) is 0 Å². The van der Waals surface area contributed by atoms with Crippen molar-refractivity contribution in [2.75, 3.05) is 31.1 Å². The molecule has 0 aliphatic carbocycles. The van der Waals surface area contributed by atoms with Crippen LogP contribution in [0.15, 0.2) is 24.3 Å². The number of halogens is 2. The van der Waals surface area contributed by atoms with Crippen LogP contribution in [-0.4, -0.2) is 44.5 Å². The van der Waals surface area contributed by atoms with E-state index < -0.39 is 0 Å². The molecule has 4 nitrogen and oxygen atoms in total. The fraction of sp³-hybridized carbons (Fsp3) is 0.684.